The van der Waals surface area contributed by atoms with Gasteiger partial charge in [-0.2, -0.15) is 0 Å². The lowest BCUT2D eigenvalue weighted by molar-refractivity contribution is -0.452. The van der Waals surface area contributed by atoms with Crippen LogP contribution in [0.3, 0.4) is 0 Å². The van der Waals surface area contributed by atoms with E-state index in [1.54, 1.807) is 30.3 Å². The SMILES string of the molecule is O=C(NCc1ccccc1)c1c(-c2ccccc2)[n+](=O)c2ccc(Cl)cc2n1[O-]. The fourth-order valence-electron chi connectivity index (χ4n) is 3.18. The number of hydrogen-bond donors (Lipinski definition) is 1. The van der Waals surface area contributed by atoms with Crippen LogP contribution >= 0.6 is 11.6 Å². The van der Waals surface area contributed by atoms with E-state index >= 15 is 0 Å². The van der Waals surface area contributed by atoms with Crippen LogP contribution in [0.1, 0.15) is 16.1 Å². The number of benzene rings is 3. The Morgan fingerprint density at radius 3 is 2.34 bits per heavy atom. The molecular formula is C22H16ClN3O3. The summed E-state index contributed by atoms with van der Waals surface area (Å²) in [5.41, 5.74) is 1.20. The Labute approximate surface area is 171 Å². The smallest absolute Gasteiger partial charge is 0.299 e. The molecule has 7 heteroatoms. The van der Waals surface area contributed by atoms with Gasteiger partial charge in [0.2, 0.25) is 0 Å². The third kappa shape index (κ3) is 3.58. The highest BCUT2D eigenvalue weighted by atomic mass is 35.5. The minimum Gasteiger partial charge on any atom is -0.805 e. The van der Waals surface area contributed by atoms with Gasteiger partial charge in [0.1, 0.15) is 5.52 Å². The van der Waals surface area contributed by atoms with Gasteiger partial charge in [-0.1, -0.05) is 60.1 Å². The molecule has 0 aliphatic carbocycles. The van der Waals surface area contributed by atoms with Crippen LogP contribution in [0.15, 0.2) is 78.9 Å². The molecule has 1 heterocycles. The van der Waals surface area contributed by atoms with Crippen LogP contribution in [-0.4, -0.2) is 10.6 Å². The lowest BCUT2D eigenvalue weighted by Gasteiger charge is -2.19. The van der Waals surface area contributed by atoms with E-state index in [0.717, 1.165) is 5.56 Å². The van der Waals surface area contributed by atoms with Crippen molar-refractivity contribution in [2.24, 2.45) is 0 Å². The van der Waals surface area contributed by atoms with E-state index in [4.69, 9.17) is 11.6 Å². The van der Waals surface area contributed by atoms with Crippen molar-refractivity contribution >= 4 is 28.5 Å². The molecule has 0 atom stereocenters. The van der Waals surface area contributed by atoms with Crippen molar-refractivity contribution in [1.82, 2.24) is 10.0 Å². The first-order chi connectivity index (χ1) is 14.1. The normalized spacial score (nSPS) is 10.8. The monoisotopic (exact) mass is 405 g/mol. The summed E-state index contributed by atoms with van der Waals surface area (Å²) in [5, 5.41) is 16.1. The van der Waals surface area contributed by atoms with Crippen LogP contribution in [-0.2, 0) is 6.54 Å². The molecule has 1 aromatic heterocycles. The highest BCUT2D eigenvalue weighted by molar-refractivity contribution is 6.31. The van der Waals surface area contributed by atoms with Gasteiger partial charge in [0, 0.05) is 22.5 Å². The molecule has 29 heavy (non-hydrogen) atoms. The first kappa shape index (κ1) is 18.7. The Hall–Kier alpha value is -3.64. The number of hydrogen-bond acceptors (Lipinski definition) is 3. The van der Waals surface area contributed by atoms with E-state index in [1.807, 2.05) is 30.3 Å². The summed E-state index contributed by atoms with van der Waals surface area (Å²) in [5.74, 6) is -0.644. The second-order valence-electron chi connectivity index (χ2n) is 6.45. The first-order valence-corrected chi connectivity index (χ1v) is 9.30. The highest BCUT2D eigenvalue weighted by Crippen LogP contribution is 2.25. The lowest BCUT2D eigenvalue weighted by Crippen LogP contribution is -2.32. The van der Waals surface area contributed by atoms with E-state index in [0.29, 0.717) is 19.7 Å². The van der Waals surface area contributed by atoms with Gasteiger partial charge in [-0.3, -0.25) is 4.79 Å². The van der Waals surface area contributed by atoms with E-state index in [9.17, 15) is 14.9 Å². The molecule has 0 unspecified atom stereocenters. The zero-order chi connectivity index (χ0) is 20.4. The maximum atomic E-state index is 13.1. The summed E-state index contributed by atoms with van der Waals surface area (Å²) in [7, 11) is 0. The topological polar surface area (TPSA) is 80.1 Å². The van der Waals surface area contributed by atoms with Crippen LogP contribution < -0.4 is 9.74 Å². The van der Waals surface area contributed by atoms with Crippen LogP contribution in [0.5, 0.6) is 0 Å². The number of halogens is 1. The van der Waals surface area contributed by atoms with Crippen molar-refractivity contribution in [2.75, 3.05) is 0 Å². The van der Waals surface area contributed by atoms with Gasteiger partial charge in [0.25, 0.3) is 17.1 Å². The molecule has 3 aromatic carbocycles. The van der Waals surface area contributed by atoms with Gasteiger partial charge in [-0.25, -0.2) is 0 Å². The fourth-order valence-corrected chi connectivity index (χ4v) is 3.34. The first-order valence-electron chi connectivity index (χ1n) is 8.92. The number of nitrogens with one attached hydrogen (secondary N) is 1. The second-order valence-corrected chi connectivity index (χ2v) is 6.89. The number of carbonyl (C=O) groups excluding carboxylic acids is 1. The minimum absolute atomic E-state index is 0.0130. The largest absolute Gasteiger partial charge is 0.805 e. The number of nitrogens with zero attached hydrogens (tertiary/aromatic N) is 2. The van der Waals surface area contributed by atoms with Crippen LogP contribution in [0.25, 0.3) is 22.3 Å². The standard InChI is InChI=1S/C22H16ClN3O3/c23-17-11-12-18-19(13-17)26(29)21(20(25(18)28)16-9-5-2-6-10-16)22(27)24-14-15-7-3-1-4-8-15/h1-13H,14H2,(H,24,27). The molecule has 0 saturated carbocycles. The van der Waals surface area contributed by atoms with Crippen molar-refractivity contribution in [1.29, 1.82) is 0 Å². The number of aromatic nitrogens is 2. The maximum Gasteiger partial charge on any atom is 0.299 e. The molecule has 0 aliphatic rings. The predicted molar refractivity (Wildman–Crippen MR) is 112 cm³/mol. The quantitative estimate of drug-likeness (QED) is 0.518. The number of rotatable bonds is 4. The van der Waals surface area contributed by atoms with Crippen LogP contribution in [0.2, 0.25) is 5.02 Å². The van der Waals surface area contributed by atoms with Crippen LogP contribution in [0, 0.1) is 10.1 Å². The van der Waals surface area contributed by atoms with Gasteiger partial charge in [-0.15, -0.1) is 0 Å². The van der Waals surface area contributed by atoms with Crippen molar-refractivity contribution in [3.63, 3.8) is 0 Å². The van der Waals surface area contributed by atoms with Crippen molar-refractivity contribution in [3.8, 4) is 11.3 Å². The number of carbonyl (C=O) groups is 1. The molecule has 0 aliphatic heterocycles. The zero-order valence-electron chi connectivity index (χ0n) is 15.2. The van der Waals surface area contributed by atoms with Crippen molar-refractivity contribution in [2.45, 2.75) is 6.54 Å². The maximum absolute atomic E-state index is 13.1. The third-order valence-corrected chi connectivity index (χ3v) is 4.80. The molecule has 0 fully saturated rings. The van der Waals surface area contributed by atoms with Crippen molar-refractivity contribution < 1.29 is 9.22 Å². The van der Waals surface area contributed by atoms with E-state index in [2.05, 4.69) is 5.32 Å². The van der Waals surface area contributed by atoms with E-state index in [-0.39, 0.29) is 29.0 Å². The van der Waals surface area contributed by atoms with E-state index in [1.165, 1.54) is 18.2 Å². The summed E-state index contributed by atoms with van der Waals surface area (Å²) in [6.45, 7) is 0.223. The van der Waals surface area contributed by atoms with Gasteiger partial charge in [-0.05, 0) is 29.8 Å². The zero-order valence-corrected chi connectivity index (χ0v) is 16.0. The highest BCUT2D eigenvalue weighted by Gasteiger charge is 2.28. The Morgan fingerprint density at radius 2 is 1.66 bits per heavy atom. The number of amides is 1. The fraction of sp³-hybridized carbons (Fsp3) is 0.0455. The average molecular weight is 406 g/mol. The average Bonchev–Trinajstić information content (AvgIpc) is 2.75. The third-order valence-electron chi connectivity index (χ3n) is 4.56. The molecule has 0 saturated heterocycles. The van der Waals surface area contributed by atoms with Gasteiger partial charge < -0.3 is 15.3 Å². The molecule has 0 spiro atoms. The summed E-state index contributed by atoms with van der Waals surface area (Å²) < 4.78 is 1.07. The Kier molecular flexibility index (Phi) is 5.01. The Morgan fingerprint density at radius 1 is 1.00 bits per heavy atom. The molecule has 1 N–H and O–H groups in total. The lowest BCUT2D eigenvalue weighted by atomic mass is 10.1. The summed E-state index contributed by atoms with van der Waals surface area (Å²) in [4.78, 5) is 26.1. The molecule has 0 bridgehead atoms. The molecule has 6 nitrogen and oxygen atoms in total. The second kappa shape index (κ2) is 7.77. The minimum atomic E-state index is -0.644. The summed E-state index contributed by atoms with van der Waals surface area (Å²) in [6, 6.07) is 22.3. The van der Waals surface area contributed by atoms with Gasteiger partial charge in [0.05, 0.1) is 9.99 Å². The molecule has 0 radical (unpaired) electrons. The summed E-state index contributed by atoms with van der Waals surface area (Å²) in [6.07, 6.45) is 0. The predicted octanol–water partition coefficient (Wildman–Crippen LogP) is 4.15. The Bertz CT molecular complexity index is 1260. The van der Waals surface area contributed by atoms with E-state index < -0.39 is 5.91 Å². The Balaban J connectivity index is 1.89. The molecule has 4 rings (SSSR count). The molecule has 4 aromatic rings. The van der Waals surface area contributed by atoms with Gasteiger partial charge >= 0.3 is 0 Å². The van der Waals surface area contributed by atoms with Gasteiger partial charge in [0.15, 0.2) is 5.69 Å². The van der Waals surface area contributed by atoms with Crippen molar-refractivity contribution in [3.05, 3.63) is 105 Å². The molecular weight excluding hydrogens is 390 g/mol. The molecule has 144 valence electrons. The van der Waals surface area contributed by atoms with Crippen LogP contribution in [0.4, 0.5) is 0 Å². The molecule has 1 amide bonds. The summed E-state index contributed by atoms with van der Waals surface area (Å²) >= 11 is 6.01. The number of fused-ring (bicyclic) bond motifs is 1.